The van der Waals surface area contributed by atoms with E-state index in [0.29, 0.717) is 0 Å². The van der Waals surface area contributed by atoms with Crippen molar-refractivity contribution in [3.05, 3.63) is 48.5 Å². The van der Waals surface area contributed by atoms with Crippen molar-refractivity contribution >= 4 is 5.91 Å². The van der Waals surface area contributed by atoms with Crippen LogP contribution in [-0.2, 0) is 17.9 Å². The van der Waals surface area contributed by atoms with Crippen molar-refractivity contribution in [1.82, 2.24) is 25.0 Å². The molecule has 2 aromatic heterocycles. The molecule has 0 radical (unpaired) electrons. The number of amides is 1. The first-order valence-corrected chi connectivity index (χ1v) is 7.68. The minimum absolute atomic E-state index is 0.0217. The maximum absolute atomic E-state index is 12.0. The van der Waals surface area contributed by atoms with Crippen molar-refractivity contribution < 1.29 is 4.79 Å². The van der Waals surface area contributed by atoms with Gasteiger partial charge in [-0.2, -0.15) is 5.10 Å². The molecule has 0 aromatic carbocycles. The van der Waals surface area contributed by atoms with Crippen LogP contribution in [0.3, 0.4) is 0 Å². The predicted octanol–water partition coefficient (Wildman–Crippen LogP) is 1.06. The first-order chi connectivity index (χ1) is 10.8. The first kappa shape index (κ1) is 14.7. The number of nitrogens with zero attached hydrogens (tertiary/aromatic N) is 4. The van der Waals surface area contributed by atoms with Crippen LogP contribution in [-0.4, -0.2) is 44.7 Å². The zero-order valence-corrected chi connectivity index (χ0v) is 12.6. The molecule has 1 aliphatic heterocycles. The van der Waals surface area contributed by atoms with Crippen LogP contribution in [0.4, 0.5) is 0 Å². The molecule has 0 saturated carbocycles. The molecule has 2 aromatic rings. The summed E-state index contributed by atoms with van der Waals surface area (Å²) in [6.07, 6.45) is 7.43. The summed E-state index contributed by atoms with van der Waals surface area (Å²) in [7, 11) is 0. The molecule has 6 nitrogen and oxygen atoms in total. The Labute approximate surface area is 130 Å². The first-order valence-electron chi connectivity index (χ1n) is 7.68. The van der Waals surface area contributed by atoms with Crippen LogP contribution in [0.25, 0.3) is 0 Å². The van der Waals surface area contributed by atoms with Crippen molar-refractivity contribution in [1.29, 1.82) is 0 Å². The van der Waals surface area contributed by atoms with E-state index < -0.39 is 0 Å². The molecular formula is C16H21N5O. The molecule has 0 spiro atoms. The Morgan fingerprint density at radius 1 is 1.32 bits per heavy atom. The van der Waals surface area contributed by atoms with E-state index in [1.807, 2.05) is 30.5 Å². The number of nitrogens with one attached hydrogen (secondary N) is 1. The van der Waals surface area contributed by atoms with Gasteiger partial charge in [0, 0.05) is 37.7 Å². The summed E-state index contributed by atoms with van der Waals surface area (Å²) in [5.74, 6) is 0.0217. The molecule has 3 rings (SSSR count). The molecule has 1 amide bonds. The van der Waals surface area contributed by atoms with Crippen molar-refractivity contribution in [2.45, 2.75) is 32.0 Å². The smallest absolute Gasteiger partial charge is 0.241 e. The molecule has 1 fully saturated rings. The number of carbonyl (C=O) groups is 1. The number of hydrogen-bond acceptors (Lipinski definition) is 4. The average molecular weight is 299 g/mol. The molecule has 0 aliphatic carbocycles. The van der Waals surface area contributed by atoms with Gasteiger partial charge in [-0.05, 0) is 37.6 Å². The van der Waals surface area contributed by atoms with Crippen LogP contribution in [0.1, 0.15) is 18.5 Å². The monoisotopic (exact) mass is 299 g/mol. The van der Waals surface area contributed by atoms with Crippen LogP contribution < -0.4 is 5.32 Å². The summed E-state index contributed by atoms with van der Waals surface area (Å²) in [5, 5.41) is 7.17. The lowest BCUT2D eigenvalue weighted by molar-refractivity contribution is -0.122. The van der Waals surface area contributed by atoms with E-state index in [1.165, 1.54) is 0 Å². The SMILES string of the molecule is O=C(Cn1cccn1)NC1CCCN(Cc2ccccn2)C1. The highest BCUT2D eigenvalue weighted by molar-refractivity contribution is 5.75. The number of pyridine rings is 1. The maximum atomic E-state index is 12.0. The summed E-state index contributed by atoms with van der Waals surface area (Å²) in [4.78, 5) is 18.8. The van der Waals surface area contributed by atoms with Gasteiger partial charge in [0.05, 0.1) is 5.69 Å². The van der Waals surface area contributed by atoms with E-state index in [-0.39, 0.29) is 18.5 Å². The van der Waals surface area contributed by atoms with Crippen molar-refractivity contribution in [2.24, 2.45) is 0 Å². The van der Waals surface area contributed by atoms with Gasteiger partial charge in [0.2, 0.25) is 5.91 Å². The topological polar surface area (TPSA) is 63.1 Å². The number of carbonyl (C=O) groups excluding carboxylic acids is 1. The number of rotatable bonds is 5. The third-order valence-electron chi connectivity index (χ3n) is 3.85. The highest BCUT2D eigenvalue weighted by Gasteiger charge is 2.21. The Hall–Kier alpha value is -2.21. The molecule has 3 heterocycles. The third kappa shape index (κ3) is 4.14. The Balaban J connectivity index is 1.49. The molecule has 1 aliphatic rings. The number of hydrogen-bond donors (Lipinski definition) is 1. The quantitative estimate of drug-likeness (QED) is 0.896. The van der Waals surface area contributed by atoms with Crippen LogP contribution in [0.15, 0.2) is 42.9 Å². The molecule has 116 valence electrons. The zero-order chi connectivity index (χ0) is 15.2. The van der Waals surface area contributed by atoms with Crippen molar-refractivity contribution in [2.75, 3.05) is 13.1 Å². The van der Waals surface area contributed by atoms with Gasteiger partial charge in [-0.25, -0.2) is 0 Å². The van der Waals surface area contributed by atoms with E-state index >= 15 is 0 Å². The molecule has 1 unspecified atom stereocenters. The van der Waals surface area contributed by atoms with E-state index in [2.05, 4.69) is 20.3 Å². The van der Waals surface area contributed by atoms with Gasteiger partial charge in [0.25, 0.3) is 0 Å². The van der Waals surface area contributed by atoms with E-state index in [0.717, 1.165) is 38.2 Å². The average Bonchev–Trinajstić information content (AvgIpc) is 3.01. The second-order valence-electron chi connectivity index (χ2n) is 5.67. The fourth-order valence-electron chi connectivity index (χ4n) is 2.85. The summed E-state index contributed by atoms with van der Waals surface area (Å²) >= 11 is 0. The lowest BCUT2D eigenvalue weighted by Crippen LogP contribution is -2.48. The molecule has 1 N–H and O–H groups in total. The highest BCUT2D eigenvalue weighted by Crippen LogP contribution is 2.12. The van der Waals surface area contributed by atoms with Gasteiger partial charge in [0.1, 0.15) is 6.54 Å². The fourth-order valence-corrected chi connectivity index (χ4v) is 2.85. The van der Waals surface area contributed by atoms with Crippen LogP contribution >= 0.6 is 0 Å². The normalized spacial score (nSPS) is 19.0. The summed E-state index contributed by atoms with van der Waals surface area (Å²) in [6.45, 7) is 3.06. The second kappa shape index (κ2) is 7.17. The molecule has 1 saturated heterocycles. The van der Waals surface area contributed by atoms with Gasteiger partial charge >= 0.3 is 0 Å². The minimum Gasteiger partial charge on any atom is -0.350 e. The summed E-state index contributed by atoms with van der Waals surface area (Å²) in [5.41, 5.74) is 1.08. The molecule has 0 bridgehead atoms. The zero-order valence-electron chi connectivity index (χ0n) is 12.6. The Kier molecular flexibility index (Phi) is 4.80. The van der Waals surface area contributed by atoms with Gasteiger partial charge in [-0.1, -0.05) is 6.07 Å². The Bertz CT molecular complexity index is 584. The van der Waals surface area contributed by atoms with Crippen molar-refractivity contribution in [3.63, 3.8) is 0 Å². The Morgan fingerprint density at radius 3 is 3.05 bits per heavy atom. The number of piperidine rings is 1. The molecule has 1 atom stereocenters. The standard InChI is InChI=1S/C16H21N5O/c22-16(13-21-10-4-8-18-21)19-15-6-3-9-20(12-15)11-14-5-1-2-7-17-14/h1-2,4-5,7-8,10,15H,3,6,9,11-13H2,(H,19,22). The van der Waals surface area contributed by atoms with E-state index in [4.69, 9.17) is 0 Å². The minimum atomic E-state index is 0.0217. The molecule has 6 heteroatoms. The van der Waals surface area contributed by atoms with E-state index in [9.17, 15) is 4.79 Å². The molecular weight excluding hydrogens is 278 g/mol. The largest absolute Gasteiger partial charge is 0.350 e. The Morgan fingerprint density at radius 2 is 2.27 bits per heavy atom. The van der Waals surface area contributed by atoms with Gasteiger partial charge < -0.3 is 5.32 Å². The van der Waals surface area contributed by atoms with Crippen molar-refractivity contribution in [3.8, 4) is 0 Å². The second-order valence-corrected chi connectivity index (χ2v) is 5.67. The lowest BCUT2D eigenvalue weighted by Gasteiger charge is -2.32. The van der Waals surface area contributed by atoms with Crippen LogP contribution in [0, 0.1) is 0 Å². The fraction of sp³-hybridized carbons (Fsp3) is 0.438. The third-order valence-corrected chi connectivity index (χ3v) is 3.85. The lowest BCUT2D eigenvalue weighted by atomic mass is 10.1. The maximum Gasteiger partial charge on any atom is 0.241 e. The van der Waals surface area contributed by atoms with Gasteiger partial charge in [0.15, 0.2) is 0 Å². The predicted molar refractivity (Wildman–Crippen MR) is 82.9 cm³/mol. The van der Waals surface area contributed by atoms with Gasteiger partial charge in [-0.3, -0.25) is 19.4 Å². The van der Waals surface area contributed by atoms with Gasteiger partial charge in [-0.15, -0.1) is 0 Å². The van der Waals surface area contributed by atoms with E-state index in [1.54, 1.807) is 17.1 Å². The summed E-state index contributed by atoms with van der Waals surface area (Å²) in [6, 6.07) is 8.01. The molecule has 22 heavy (non-hydrogen) atoms. The highest BCUT2D eigenvalue weighted by atomic mass is 16.2. The summed E-state index contributed by atoms with van der Waals surface area (Å²) < 4.78 is 1.64. The number of aromatic nitrogens is 3. The number of likely N-dealkylation sites (tertiary alicyclic amines) is 1. The van der Waals surface area contributed by atoms with Crippen LogP contribution in [0.2, 0.25) is 0 Å². The van der Waals surface area contributed by atoms with Crippen LogP contribution in [0.5, 0.6) is 0 Å².